The van der Waals surface area contributed by atoms with Crippen LogP contribution in [0.2, 0.25) is 0 Å². The third kappa shape index (κ3) is 1.87. The van der Waals surface area contributed by atoms with Crippen molar-refractivity contribution in [1.29, 1.82) is 0 Å². The number of hydrogen-bond donors (Lipinski definition) is 1. The number of pyridine rings is 1. The van der Waals surface area contributed by atoms with Crippen LogP contribution in [0, 0.1) is 0 Å². The largest absolute Gasteiger partial charge is 0.397 e. The molecule has 0 aliphatic heterocycles. The second-order valence-electron chi connectivity index (χ2n) is 1.87. The van der Waals surface area contributed by atoms with Gasteiger partial charge >= 0.3 is 10.2 Å². The molecule has 0 aromatic carbocycles. The quantitative estimate of drug-likeness (QED) is 0.625. The molecule has 0 saturated carbocycles. The second-order valence-corrected chi connectivity index (χ2v) is 3.16. The van der Waals surface area contributed by atoms with Crippen molar-refractivity contribution in [3.63, 3.8) is 0 Å². The molecule has 1 rings (SSSR count). The molecule has 4 nitrogen and oxygen atoms in total. The van der Waals surface area contributed by atoms with E-state index < -0.39 is 15.2 Å². The predicted octanol–water partition coefficient (Wildman–Crippen LogP) is 0.322. The number of aromatic nitrogens is 1. The number of nitrogens with two attached hydrogens (primary N) is 1. The Morgan fingerprint density at radius 3 is 2.45 bits per heavy atom. The second kappa shape index (κ2) is 2.46. The van der Waals surface area contributed by atoms with Gasteiger partial charge in [0.15, 0.2) is 5.03 Å². The highest BCUT2D eigenvalue weighted by atomic mass is 32.3. The molecule has 0 aliphatic carbocycles. The third-order valence-electron chi connectivity index (χ3n) is 1.01. The van der Waals surface area contributed by atoms with E-state index >= 15 is 0 Å². The van der Waals surface area contributed by atoms with Crippen LogP contribution in [0.15, 0.2) is 23.4 Å². The lowest BCUT2D eigenvalue weighted by atomic mass is 10.4. The van der Waals surface area contributed by atoms with E-state index in [0.29, 0.717) is 0 Å². The summed E-state index contributed by atoms with van der Waals surface area (Å²) in [5.41, 5.74) is 5.48. The van der Waals surface area contributed by atoms with Crippen molar-refractivity contribution in [2.75, 3.05) is 5.73 Å². The number of anilines is 1. The number of rotatable bonds is 1. The first-order chi connectivity index (χ1) is 5.00. The Kier molecular flexibility index (Phi) is 1.77. The third-order valence-corrected chi connectivity index (χ3v) is 1.75. The van der Waals surface area contributed by atoms with E-state index in [1.54, 1.807) is 0 Å². The molecule has 1 aromatic heterocycles. The number of nitrogen functional groups attached to an aromatic ring is 1. The zero-order valence-corrected chi connectivity index (χ0v) is 6.18. The van der Waals surface area contributed by atoms with Gasteiger partial charge in [-0.15, -0.1) is 0 Å². The molecular weight excluding hydrogens is 171 g/mol. The summed E-state index contributed by atoms with van der Waals surface area (Å²) in [6.07, 6.45) is 1.08. The van der Waals surface area contributed by atoms with Gasteiger partial charge in [-0.2, -0.15) is 8.42 Å². The van der Waals surface area contributed by atoms with Gasteiger partial charge in [0.2, 0.25) is 0 Å². The average molecular weight is 176 g/mol. The SMILES string of the molecule is Nc1ccc(S(=O)(=O)F)nc1. The van der Waals surface area contributed by atoms with Gasteiger partial charge in [0, 0.05) is 0 Å². The smallest absolute Gasteiger partial charge is 0.349 e. The van der Waals surface area contributed by atoms with Crippen molar-refractivity contribution in [2.45, 2.75) is 5.03 Å². The van der Waals surface area contributed by atoms with Crippen molar-refractivity contribution < 1.29 is 12.3 Å². The van der Waals surface area contributed by atoms with Gasteiger partial charge in [0.1, 0.15) is 0 Å². The van der Waals surface area contributed by atoms with Crippen molar-refractivity contribution >= 4 is 15.9 Å². The van der Waals surface area contributed by atoms with Crippen LogP contribution in [0.1, 0.15) is 0 Å². The molecule has 0 amide bonds. The van der Waals surface area contributed by atoms with E-state index in [9.17, 15) is 12.3 Å². The van der Waals surface area contributed by atoms with Crippen LogP contribution >= 0.6 is 0 Å². The first-order valence-electron chi connectivity index (χ1n) is 2.66. The average Bonchev–Trinajstić information content (AvgIpc) is 1.86. The van der Waals surface area contributed by atoms with Gasteiger partial charge < -0.3 is 5.73 Å². The lowest BCUT2D eigenvalue weighted by Crippen LogP contribution is -1.96. The fourth-order valence-corrected chi connectivity index (χ4v) is 0.945. The summed E-state index contributed by atoms with van der Waals surface area (Å²) >= 11 is 0. The minimum atomic E-state index is -4.69. The summed E-state index contributed by atoms with van der Waals surface area (Å²) in [5, 5.41) is -0.619. The van der Waals surface area contributed by atoms with Gasteiger partial charge in [0.25, 0.3) is 0 Å². The molecule has 0 fully saturated rings. The Labute approximate surface area is 63.1 Å². The van der Waals surface area contributed by atoms with Crippen LogP contribution in [0.5, 0.6) is 0 Å². The van der Waals surface area contributed by atoms with Crippen molar-refractivity contribution in [1.82, 2.24) is 4.98 Å². The van der Waals surface area contributed by atoms with E-state index in [1.165, 1.54) is 6.07 Å². The maximum Gasteiger partial charge on any atom is 0.349 e. The number of hydrogen-bond acceptors (Lipinski definition) is 4. The molecule has 0 saturated heterocycles. The molecular formula is C5H5FN2O2S. The molecule has 11 heavy (non-hydrogen) atoms. The van der Waals surface area contributed by atoms with Gasteiger partial charge in [-0.05, 0) is 12.1 Å². The van der Waals surface area contributed by atoms with E-state index in [0.717, 1.165) is 12.3 Å². The summed E-state index contributed by atoms with van der Waals surface area (Å²) in [7, 11) is -4.69. The number of halogens is 1. The molecule has 0 spiro atoms. The Hall–Kier alpha value is -1.17. The van der Waals surface area contributed by atoms with Crippen LogP contribution in [0.4, 0.5) is 9.57 Å². The van der Waals surface area contributed by atoms with E-state index in [2.05, 4.69) is 4.98 Å². The molecule has 60 valence electrons. The summed E-state index contributed by atoms with van der Waals surface area (Å²) in [5.74, 6) is 0. The fourth-order valence-electron chi connectivity index (χ4n) is 0.536. The Morgan fingerprint density at radius 1 is 1.45 bits per heavy atom. The minimum Gasteiger partial charge on any atom is -0.397 e. The molecule has 0 bridgehead atoms. The van der Waals surface area contributed by atoms with Crippen molar-refractivity contribution in [3.8, 4) is 0 Å². The summed E-state index contributed by atoms with van der Waals surface area (Å²) in [6.45, 7) is 0. The van der Waals surface area contributed by atoms with Crippen LogP contribution < -0.4 is 5.73 Å². The van der Waals surface area contributed by atoms with Gasteiger partial charge in [-0.3, -0.25) is 0 Å². The monoisotopic (exact) mass is 176 g/mol. The first-order valence-corrected chi connectivity index (χ1v) is 4.05. The predicted molar refractivity (Wildman–Crippen MR) is 36.9 cm³/mol. The van der Waals surface area contributed by atoms with Gasteiger partial charge in [-0.25, -0.2) is 4.98 Å². The fraction of sp³-hybridized carbons (Fsp3) is 0. The first kappa shape index (κ1) is 7.93. The van der Waals surface area contributed by atoms with Gasteiger partial charge in [0.05, 0.1) is 11.9 Å². The van der Waals surface area contributed by atoms with Crippen LogP contribution in [-0.2, 0) is 10.2 Å². The molecule has 0 radical (unpaired) electrons. The van der Waals surface area contributed by atoms with Crippen molar-refractivity contribution in [3.05, 3.63) is 18.3 Å². The highest BCUT2D eigenvalue weighted by Crippen LogP contribution is 2.09. The molecule has 6 heteroatoms. The highest BCUT2D eigenvalue weighted by Gasteiger charge is 2.11. The molecule has 0 aliphatic rings. The Morgan fingerprint density at radius 2 is 2.09 bits per heavy atom. The standard InChI is InChI=1S/C5H5FN2O2S/c6-11(9,10)5-2-1-4(7)3-8-5/h1-3H,7H2. The maximum absolute atomic E-state index is 12.1. The molecule has 1 heterocycles. The maximum atomic E-state index is 12.1. The molecule has 0 unspecified atom stereocenters. The Balaban J connectivity index is 3.20. The Bertz CT molecular complexity index is 345. The van der Waals surface area contributed by atoms with Crippen LogP contribution in [0.3, 0.4) is 0 Å². The molecule has 1 aromatic rings. The van der Waals surface area contributed by atoms with E-state index in [4.69, 9.17) is 5.73 Å². The zero-order chi connectivity index (χ0) is 8.48. The summed E-state index contributed by atoms with van der Waals surface area (Å²) in [4.78, 5) is 3.26. The normalized spacial score (nSPS) is 11.4. The zero-order valence-electron chi connectivity index (χ0n) is 5.36. The lowest BCUT2D eigenvalue weighted by Gasteiger charge is -1.92. The topological polar surface area (TPSA) is 73.1 Å². The van der Waals surface area contributed by atoms with Crippen LogP contribution in [-0.4, -0.2) is 13.4 Å². The minimum absolute atomic E-state index is 0.289. The van der Waals surface area contributed by atoms with E-state index in [-0.39, 0.29) is 5.69 Å². The summed E-state index contributed by atoms with van der Waals surface area (Å²) in [6, 6.07) is 2.27. The number of nitrogens with zero attached hydrogens (tertiary/aromatic N) is 1. The van der Waals surface area contributed by atoms with Gasteiger partial charge in [-0.1, -0.05) is 3.89 Å². The molecule has 0 atom stereocenters. The lowest BCUT2D eigenvalue weighted by molar-refractivity contribution is 0.548. The highest BCUT2D eigenvalue weighted by molar-refractivity contribution is 7.86. The molecule has 2 N–H and O–H groups in total. The van der Waals surface area contributed by atoms with Crippen molar-refractivity contribution in [2.24, 2.45) is 0 Å². The van der Waals surface area contributed by atoms with E-state index in [1.807, 2.05) is 0 Å². The summed E-state index contributed by atoms with van der Waals surface area (Å²) < 4.78 is 32.5. The van der Waals surface area contributed by atoms with Crippen LogP contribution in [0.25, 0.3) is 0 Å².